The first-order valence-electron chi connectivity index (χ1n) is 5.84. The van der Waals surface area contributed by atoms with Crippen molar-refractivity contribution in [3.63, 3.8) is 0 Å². The van der Waals surface area contributed by atoms with E-state index in [1.165, 1.54) is 29.7 Å². The van der Waals surface area contributed by atoms with Crippen LogP contribution in [-0.2, 0) is 6.54 Å². The first-order valence-corrected chi connectivity index (χ1v) is 6.66. The molecule has 0 spiro atoms. The number of rotatable bonds is 3. The number of H-pyrrole nitrogens is 1. The second kappa shape index (κ2) is 6.70. The normalized spacial score (nSPS) is 9.65. The summed E-state index contributed by atoms with van der Waals surface area (Å²) in [6.45, 7) is 0.222. The van der Waals surface area contributed by atoms with Crippen molar-refractivity contribution in [3.05, 3.63) is 56.1 Å². The van der Waals surface area contributed by atoms with Crippen LogP contribution in [0, 0.1) is 11.8 Å². The number of aliphatic hydroxyl groups is 1. The van der Waals surface area contributed by atoms with Crippen molar-refractivity contribution < 1.29 is 9.90 Å². The Labute approximate surface area is 119 Å². The Morgan fingerprint density at radius 3 is 2.90 bits per heavy atom. The summed E-state index contributed by atoms with van der Waals surface area (Å²) >= 11 is 1.46. The fourth-order valence-electron chi connectivity index (χ4n) is 1.49. The van der Waals surface area contributed by atoms with E-state index < -0.39 is 0 Å². The number of aromatic nitrogens is 1. The van der Waals surface area contributed by atoms with Crippen LogP contribution >= 0.6 is 11.3 Å². The summed E-state index contributed by atoms with van der Waals surface area (Å²) in [5.74, 6) is 5.12. The molecule has 6 heteroatoms. The molecule has 0 atom stereocenters. The number of aliphatic hydroxyl groups excluding tert-OH is 1. The van der Waals surface area contributed by atoms with Gasteiger partial charge in [0, 0.05) is 17.1 Å². The summed E-state index contributed by atoms with van der Waals surface area (Å²) in [6.07, 6.45) is 1.38. The molecule has 0 aliphatic rings. The third-order valence-electron chi connectivity index (χ3n) is 2.42. The molecule has 0 bridgehead atoms. The largest absolute Gasteiger partial charge is 0.384 e. The van der Waals surface area contributed by atoms with E-state index in [2.05, 4.69) is 22.1 Å². The molecule has 102 valence electrons. The molecule has 2 aromatic heterocycles. The number of thiophene rings is 1. The van der Waals surface area contributed by atoms with Gasteiger partial charge >= 0.3 is 0 Å². The number of amides is 1. The van der Waals surface area contributed by atoms with Crippen molar-refractivity contribution in [2.75, 3.05) is 6.61 Å². The second-order valence-corrected chi connectivity index (χ2v) is 5.02. The van der Waals surface area contributed by atoms with Gasteiger partial charge in [0.25, 0.3) is 5.91 Å². The highest BCUT2D eigenvalue weighted by Crippen LogP contribution is 2.15. The highest BCUT2D eigenvalue weighted by molar-refractivity contribution is 7.12. The molecule has 20 heavy (non-hydrogen) atoms. The molecule has 0 fully saturated rings. The highest BCUT2D eigenvalue weighted by Gasteiger charge is 2.06. The third-order valence-corrected chi connectivity index (χ3v) is 3.42. The molecule has 0 saturated heterocycles. The highest BCUT2D eigenvalue weighted by atomic mass is 32.1. The van der Waals surface area contributed by atoms with Gasteiger partial charge in [0.15, 0.2) is 0 Å². The molecule has 2 aromatic rings. The zero-order chi connectivity index (χ0) is 14.4. The van der Waals surface area contributed by atoms with Crippen LogP contribution in [0.25, 0.3) is 0 Å². The zero-order valence-corrected chi connectivity index (χ0v) is 11.3. The molecule has 0 aliphatic heterocycles. The number of hydrogen-bond acceptors (Lipinski definition) is 4. The minimum atomic E-state index is -0.252. The monoisotopic (exact) mass is 288 g/mol. The molecule has 2 rings (SSSR count). The van der Waals surface area contributed by atoms with Gasteiger partial charge in [-0.05, 0) is 18.2 Å². The number of hydrogen-bond donors (Lipinski definition) is 3. The van der Waals surface area contributed by atoms with Gasteiger partial charge in [-0.3, -0.25) is 9.59 Å². The molecule has 0 aromatic carbocycles. The Morgan fingerprint density at radius 1 is 1.35 bits per heavy atom. The van der Waals surface area contributed by atoms with Crippen LogP contribution in [0.15, 0.2) is 35.3 Å². The Morgan fingerprint density at radius 2 is 2.20 bits per heavy atom. The SMILES string of the molecule is O=C(NCc1ccc(C#CCO)s1)c1ccc(=O)[nH]c1. The van der Waals surface area contributed by atoms with E-state index >= 15 is 0 Å². The third kappa shape index (κ3) is 3.82. The average Bonchev–Trinajstić information content (AvgIpc) is 2.91. The predicted octanol–water partition coefficient (Wildman–Crippen LogP) is 0.710. The van der Waals surface area contributed by atoms with Crippen molar-refractivity contribution in [3.8, 4) is 11.8 Å². The van der Waals surface area contributed by atoms with E-state index in [4.69, 9.17) is 5.11 Å². The second-order valence-electron chi connectivity index (χ2n) is 3.85. The van der Waals surface area contributed by atoms with Crippen molar-refractivity contribution in [2.24, 2.45) is 0 Å². The van der Waals surface area contributed by atoms with Crippen LogP contribution in [0.5, 0.6) is 0 Å². The van der Waals surface area contributed by atoms with E-state index in [9.17, 15) is 9.59 Å². The summed E-state index contributed by atoms with van der Waals surface area (Å²) < 4.78 is 0. The summed E-state index contributed by atoms with van der Waals surface area (Å²) in [5, 5.41) is 11.4. The standard InChI is InChI=1S/C14H12N2O3S/c17-7-1-2-11-4-5-12(20-11)9-16-14(19)10-3-6-13(18)15-8-10/h3-6,8,17H,7,9H2,(H,15,18)(H,16,19). The van der Waals surface area contributed by atoms with Gasteiger partial charge in [0.05, 0.1) is 17.0 Å². The maximum absolute atomic E-state index is 11.8. The van der Waals surface area contributed by atoms with E-state index in [1.807, 2.05) is 12.1 Å². The number of pyridine rings is 1. The molecular weight excluding hydrogens is 276 g/mol. The first kappa shape index (κ1) is 14.1. The van der Waals surface area contributed by atoms with E-state index in [0.29, 0.717) is 12.1 Å². The predicted molar refractivity (Wildman–Crippen MR) is 76.5 cm³/mol. The van der Waals surface area contributed by atoms with Crippen LogP contribution in [0.2, 0.25) is 0 Å². The van der Waals surface area contributed by atoms with Gasteiger partial charge in [-0.2, -0.15) is 0 Å². The van der Waals surface area contributed by atoms with Crippen LogP contribution in [0.1, 0.15) is 20.1 Å². The first-order chi connectivity index (χ1) is 9.69. The fraction of sp³-hybridized carbons (Fsp3) is 0.143. The maximum Gasteiger partial charge on any atom is 0.253 e. The van der Waals surface area contributed by atoms with E-state index in [0.717, 1.165) is 9.75 Å². The van der Waals surface area contributed by atoms with Crippen LogP contribution < -0.4 is 10.9 Å². The number of carbonyl (C=O) groups is 1. The molecular formula is C14H12N2O3S. The number of nitrogens with one attached hydrogen (secondary N) is 2. The lowest BCUT2D eigenvalue weighted by atomic mass is 10.2. The van der Waals surface area contributed by atoms with Crippen LogP contribution in [-0.4, -0.2) is 22.6 Å². The van der Waals surface area contributed by atoms with Gasteiger partial charge < -0.3 is 15.4 Å². The molecule has 5 nitrogen and oxygen atoms in total. The van der Waals surface area contributed by atoms with E-state index in [-0.39, 0.29) is 18.1 Å². The van der Waals surface area contributed by atoms with Gasteiger partial charge in [0.1, 0.15) is 6.61 Å². The Balaban J connectivity index is 1.94. The molecule has 0 saturated carbocycles. The average molecular weight is 288 g/mol. The van der Waals surface area contributed by atoms with Crippen molar-refractivity contribution in [2.45, 2.75) is 6.54 Å². The summed E-state index contributed by atoms with van der Waals surface area (Å²) in [6, 6.07) is 6.50. The number of aromatic amines is 1. The minimum Gasteiger partial charge on any atom is -0.384 e. The fourth-order valence-corrected chi connectivity index (χ4v) is 2.31. The van der Waals surface area contributed by atoms with Gasteiger partial charge in [-0.1, -0.05) is 11.8 Å². The summed E-state index contributed by atoms with van der Waals surface area (Å²) in [5.41, 5.74) is 0.161. The smallest absolute Gasteiger partial charge is 0.253 e. The Bertz CT molecular complexity index is 701. The van der Waals surface area contributed by atoms with E-state index in [1.54, 1.807) is 0 Å². The van der Waals surface area contributed by atoms with Crippen molar-refractivity contribution >= 4 is 17.2 Å². The summed E-state index contributed by atoms with van der Waals surface area (Å²) in [4.78, 5) is 27.0. The van der Waals surface area contributed by atoms with Gasteiger partial charge in [-0.15, -0.1) is 11.3 Å². The summed E-state index contributed by atoms with van der Waals surface area (Å²) in [7, 11) is 0. The lowest BCUT2D eigenvalue weighted by Gasteiger charge is -2.02. The molecule has 0 unspecified atom stereocenters. The van der Waals surface area contributed by atoms with Gasteiger partial charge in [0.2, 0.25) is 5.56 Å². The number of carbonyl (C=O) groups excluding carboxylic acids is 1. The van der Waals surface area contributed by atoms with Crippen molar-refractivity contribution in [1.82, 2.24) is 10.3 Å². The lowest BCUT2D eigenvalue weighted by Crippen LogP contribution is -2.23. The molecule has 3 N–H and O–H groups in total. The van der Waals surface area contributed by atoms with Crippen LogP contribution in [0.4, 0.5) is 0 Å². The molecule has 2 heterocycles. The van der Waals surface area contributed by atoms with Crippen molar-refractivity contribution in [1.29, 1.82) is 0 Å². The molecule has 0 radical (unpaired) electrons. The molecule has 0 aliphatic carbocycles. The lowest BCUT2D eigenvalue weighted by molar-refractivity contribution is 0.0951. The topological polar surface area (TPSA) is 82.2 Å². The van der Waals surface area contributed by atoms with Crippen LogP contribution in [0.3, 0.4) is 0 Å². The Hall–Kier alpha value is -2.36. The zero-order valence-electron chi connectivity index (χ0n) is 10.5. The maximum atomic E-state index is 11.8. The molecule has 1 amide bonds. The van der Waals surface area contributed by atoms with Gasteiger partial charge in [-0.25, -0.2) is 0 Å². The quantitative estimate of drug-likeness (QED) is 0.728. The minimum absolute atomic E-state index is 0.170. The Kier molecular flexibility index (Phi) is 4.71.